The number of methoxy groups -OCH3 is 1. The zero-order valence-corrected chi connectivity index (χ0v) is 16.0. The first-order valence-corrected chi connectivity index (χ1v) is 8.45. The van der Waals surface area contributed by atoms with Gasteiger partial charge in [0.1, 0.15) is 0 Å². The van der Waals surface area contributed by atoms with Gasteiger partial charge >= 0.3 is 6.61 Å². The fourth-order valence-corrected chi connectivity index (χ4v) is 2.89. The van der Waals surface area contributed by atoms with Crippen LogP contribution in [-0.4, -0.2) is 19.6 Å². The molecule has 0 aliphatic carbocycles. The molecule has 0 atom stereocenters. The number of halogens is 5. The van der Waals surface area contributed by atoms with Crippen molar-refractivity contribution in [2.24, 2.45) is 0 Å². The molecule has 2 N–H and O–H groups in total. The van der Waals surface area contributed by atoms with E-state index in [0.717, 1.165) is 0 Å². The van der Waals surface area contributed by atoms with Gasteiger partial charge in [-0.1, -0.05) is 40.9 Å². The predicted octanol–water partition coefficient (Wildman–Crippen LogP) is 5.41. The van der Waals surface area contributed by atoms with E-state index in [1.165, 1.54) is 49.6 Å². The van der Waals surface area contributed by atoms with Gasteiger partial charge in [0.15, 0.2) is 11.5 Å². The lowest BCUT2D eigenvalue weighted by atomic mass is 10.2. The lowest BCUT2D eigenvalue weighted by molar-refractivity contribution is -0.116. The highest BCUT2D eigenvalue weighted by molar-refractivity contribution is 6.41. The van der Waals surface area contributed by atoms with Gasteiger partial charge in [0.25, 0.3) is 5.91 Å². The Morgan fingerprint density at radius 3 is 2.37 bits per heavy atom. The Labute approximate surface area is 168 Å². The van der Waals surface area contributed by atoms with E-state index in [-0.39, 0.29) is 21.5 Å². The predicted molar refractivity (Wildman–Crippen MR) is 102 cm³/mol. The Hall–Kier alpha value is -2.22. The maximum Gasteiger partial charge on any atom is 0.387 e. The number of benzene rings is 2. The first-order valence-electron chi connectivity index (χ1n) is 7.31. The Kier molecular flexibility index (Phi) is 7.53. The summed E-state index contributed by atoms with van der Waals surface area (Å²) in [6.07, 6.45) is 2.67. The molecule has 0 heterocycles. The summed E-state index contributed by atoms with van der Waals surface area (Å²) in [7, 11) is 1.32. The molecule has 144 valence electrons. The van der Waals surface area contributed by atoms with Gasteiger partial charge in [-0.25, -0.2) is 0 Å². The number of carbonyl (C=O) groups excluding carboxylic acids is 1. The molecule has 5 nitrogen and oxygen atoms in total. The quantitative estimate of drug-likeness (QED) is 0.449. The van der Waals surface area contributed by atoms with Crippen LogP contribution < -0.4 is 20.3 Å². The summed E-state index contributed by atoms with van der Waals surface area (Å²) < 4.78 is 34.0. The van der Waals surface area contributed by atoms with E-state index in [0.29, 0.717) is 16.3 Å². The van der Waals surface area contributed by atoms with Crippen molar-refractivity contribution in [1.82, 2.24) is 5.43 Å². The van der Waals surface area contributed by atoms with Crippen LogP contribution in [0, 0.1) is 0 Å². The molecular weight excluding hydrogens is 425 g/mol. The van der Waals surface area contributed by atoms with Crippen molar-refractivity contribution in [2.45, 2.75) is 6.61 Å². The topological polar surface area (TPSA) is 59.6 Å². The summed E-state index contributed by atoms with van der Waals surface area (Å²) >= 11 is 17.8. The van der Waals surface area contributed by atoms with Crippen molar-refractivity contribution in [1.29, 1.82) is 0 Å². The summed E-state index contributed by atoms with van der Waals surface area (Å²) in [5.74, 6) is -0.512. The molecule has 0 saturated heterocycles. The third kappa shape index (κ3) is 6.16. The Balaban J connectivity index is 2.02. The molecule has 0 aromatic heterocycles. The molecule has 2 rings (SSSR count). The zero-order chi connectivity index (χ0) is 20.0. The van der Waals surface area contributed by atoms with Crippen LogP contribution >= 0.6 is 34.8 Å². The molecule has 0 fully saturated rings. The normalized spacial score (nSPS) is 10.9. The number of hydrogen-bond donors (Lipinski definition) is 2. The van der Waals surface area contributed by atoms with Crippen LogP contribution in [0.5, 0.6) is 11.5 Å². The first kappa shape index (κ1) is 21.1. The molecular formula is C17H13Cl3F2N2O3. The fourth-order valence-electron chi connectivity index (χ4n) is 1.98. The Morgan fingerprint density at radius 1 is 1.11 bits per heavy atom. The van der Waals surface area contributed by atoms with Gasteiger partial charge in [0.05, 0.1) is 22.8 Å². The highest BCUT2D eigenvalue weighted by atomic mass is 35.5. The number of ether oxygens (including phenoxy) is 2. The van der Waals surface area contributed by atoms with Crippen LogP contribution in [0.3, 0.4) is 0 Å². The van der Waals surface area contributed by atoms with E-state index in [1.807, 2.05) is 0 Å². The van der Waals surface area contributed by atoms with E-state index in [4.69, 9.17) is 39.5 Å². The molecule has 0 aliphatic rings. The van der Waals surface area contributed by atoms with Gasteiger partial charge < -0.3 is 9.47 Å². The average Bonchev–Trinajstić information content (AvgIpc) is 2.59. The van der Waals surface area contributed by atoms with E-state index in [9.17, 15) is 13.6 Å². The largest absolute Gasteiger partial charge is 0.493 e. The van der Waals surface area contributed by atoms with E-state index >= 15 is 0 Å². The molecule has 0 bridgehead atoms. The van der Waals surface area contributed by atoms with Crippen molar-refractivity contribution in [2.75, 3.05) is 12.5 Å². The second kappa shape index (κ2) is 9.64. The van der Waals surface area contributed by atoms with Crippen molar-refractivity contribution in [3.8, 4) is 11.5 Å². The fraction of sp³-hybridized carbons (Fsp3) is 0.118. The summed E-state index contributed by atoms with van der Waals surface area (Å²) in [5.41, 5.74) is 5.81. The minimum Gasteiger partial charge on any atom is -0.493 e. The van der Waals surface area contributed by atoms with Crippen LogP contribution in [0.25, 0.3) is 6.08 Å². The SMILES string of the molecule is COc1cc(C=CC(=O)NNc2c(Cl)cc(Cl)cc2Cl)ccc1OC(F)F. The number of hydrogen-bond acceptors (Lipinski definition) is 4. The summed E-state index contributed by atoms with van der Waals surface area (Å²) in [6, 6.07) is 7.18. The lowest BCUT2D eigenvalue weighted by Gasteiger charge is -2.11. The van der Waals surface area contributed by atoms with Crippen molar-refractivity contribution in [3.05, 3.63) is 57.0 Å². The molecule has 0 aliphatic heterocycles. The summed E-state index contributed by atoms with van der Waals surface area (Å²) in [6.45, 7) is -2.97. The highest BCUT2D eigenvalue weighted by Crippen LogP contribution is 2.33. The van der Waals surface area contributed by atoms with Gasteiger partial charge in [-0.05, 0) is 35.9 Å². The Morgan fingerprint density at radius 2 is 1.78 bits per heavy atom. The lowest BCUT2D eigenvalue weighted by Crippen LogP contribution is -2.27. The van der Waals surface area contributed by atoms with Crippen LogP contribution in [-0.2, 0) is 4.79 Å². The summed E-state index contributed by atoms with van der Waals surface area (Å²) in [5, 5.41) is 0.822. The molecule has 0 spiro atoms. The highest BCUT2D eigenvalue weighted by Gasteiger charge is 2.11. The molecule has 2 aromatic rings. The van der Waals surface area contributed by atoms with Gasteiger partial charge in [-0.2, -0.15) is 8.78 Å². The van der Waals surface area contributed by atoms with E-state index in [1.54, 1.807) is 0 Å². The van der Waals surface area contributed by atoms with Gasteiger partial charge in [-0.3, -0.25) is 15.6 Å². The van der Waals surface area contributed by atoms with Crippen LogP contribution in [0.15, 0.2) is 36.4 Å². The molecule has 2 aromatic carbocycles. The molecule has 0 saturated carbocycles. The number of amides is 1. The molecule has 10 heteroatoms. The molecule has 1 amide bonds. The Bertz CT molecular complexity index is 840. The van der Waals surface area contributed by atoms with Crippen LogP contribution in [0.1, 0.15) is 5.56 Å². The standard InChI is InChI=1S/C17H13Cl3F2N2O3/c1-26-14-6-9(2-4-13(14)27-17(21)22)3-5-15(25)23-24-16-11(19)7-10(18)8-12(16)20/h2-8,17,24H,1H3,(H,23,25). The number of carbonyl (C=O) groups is 1. The first-order chi connectivity index (χ1) is 12.8. The third-order valence-electron chi connectivity index (χ3n) is 3.15. The number of rotatable bonds is 7. The average molecular weight is 438 g/mol. The second-order valence-corrected chi connectivity index (χ2v) is 6.23. The van der Waals surface area contributed by atoms with E-state index in [2.05, 4.69) is 15.6 Å². The smallest absolute Gasteiger partial charge is 0.387 e. The van der Waals surface area contributed by atoms with Crippen molar-refractivity contribution >= 4 is 52.5 Å². The third-order valence-corrected chi connectivity index (χ3v) is 3.96. The molecule has 0 radical (unpaired) electrons. The number of alkyl halides is 2. The number of anilines is 1. The molecule has 0 unspecified atom stereocenters. The number of nitrogens with one attached hydrogen (secondary N) is 2. The minimum atomic E-state index is -2.97. The summed E-state index contributed by atoms with van der Waals surface area (Å²) in [4.78, 5) is 11.9. The zero-order valence-electron chi connectivity index (χ0n) is 13.7. The van der Waals surface area contributed by atoms with Crippen LogP contribution in [0.4, 0.5) is 14.5 Å². The van der Waals surface area contributed by atoms with E-state index < -0.39 is 12.5 Å². The van der Waals surface area contributed by atoms with Crippen LogP contribution in [0.2, 0.25) is 15.1 Å². The maximum absolute atomic E-state index is 12.3. The van der Waals surface area contributed by atoms with Gasteiger partial charge in [-0.15, -0.1) is 0 Å². The maximum atomic E-state index is 12.3. The second-order valence-electron chi connectivity index (χ2n) is 4.98. The minimum absolute atomic E-state index is 0.107. The number of hydrazine groups is 1. The molecule has 27 heavy (non-hydrogen) atoms. The van der Waals surface area contributed by atoms with Crippen molar-refractivity contribution < 1.29 is 23.0 Å². The van der Waals surface area contributed by atoms with Gasteiger partial charge in [0, 0.05) is 11.1 Å². The van der Waals surface area contributed by atoms with Crippen molar-refractivity contribution in [3.63, 3.8) is 0 Å². The monoisotopic (exact) mass is 436 g/mol. The van der Waals surface area contributed by atoms with Gasteiger partial charge in [0.2, 0.25) is 0 Å².